The molecule has 5 nitrogen and oxygen atoms in total. The molecule has 124 valence electrons. The van der Waals surface area contributed by atoms with E-state index in [1.807, 2.05) is 48.5 Å². The van der Waals surface area contributed by atoms with E-state index in [1.165, 1.54) is 0 Å². The Hall–Kier alpha value is -3.12. The lowest BCUT2D eigenvalue weighted by molar-refractivity contribution is 0.306. The maximum Gasteiger partial charge on any atom is 0.269 e. The maximum atomic E-state index is 9.77. The van der Waals surface area contributed by atoms with E-state index < -0.39 is 0 Å². The molecule has 25 heavy (non-hydrogen) atoms. The molecule has 3 aromatic rings. The first-order valence-electron chi connectivity index (χ1n) is 7.68. The van der Waals surface area contributed by atoms with E-state index >= 15 is 0 Å². The van der Waals surface area contributed by atoms with E-state index in [0.717, 1.165) is 28.1 Å². The summed E-state index contributed by atoms with van der Waals surface area (Å²) >= 11 is 4.88. The van der Waals surface area contributed by atoms with Crippen molar-refractivity contribution in [3.63, 3.8) is 0 Å². The van der Waals surface area contributed by atoms with Crippen LogP contribution >= 0.6 is 12.2 Å². The van der Waals surface area contributed by atoms with Gasteiger partial charge in [0.1, 0.15) is 12.4 Å². The van der Waals surface area contributed by atoms with Crippen molar-refractivity contribution in [2.45, 2.75) is 6.61 Å². The maximum absolute atomic E-state index is 9.77. The highest BCUT2D eigenvalue weighted by atomic mass is 32.1. The Kier molecular flexibility index (Phi) is 3.95. The smallest absolute Gasteiger partial charge is 0.269 e. The van der Waals surface area contributed by atoms with Gasteiger partial charge >= 0.3 is 0 Å². The van der Waals surface area contributed by atoms with E-state index in [9.17, 15) is 5.11 Å². The van der Waals surface area contributed by atoms with Crippen LogP contribution in [-0.2, 0) is 6.61 Å². The Morgan fingerprint density at radius 1 is 1.20 bits per heavy atom. The summed E-state index contributed by atoms with van der Waals surface area (Å²) in [6.07, 6.45) is 3.41. The van der Waals surface area contributed by atoms with Crippen LogP contribution in [0.3, 0.4) is 0 Å². The average molecular weight is 350 g/mol. The van der Waals surface area contributed by atoms with Crippen LogP contribution < -0.4 is 4.74 Å². The molecule has 4 rings (SSSR count). The lowest BCUT2D eigenvalue weighted by atomic mass is 10.1. The van der Waals surface area contributed by atoms with Gasteiger partial charge in [-0.2, -0.15) is 0 Å². The molecule has 0 amide bonds. The fourth-order valence-corrected chi connectivity index (χ4v) is 2.77. The van der Waals surface area contributed by atoms with Crippen molar-refractivity contribution in [3.8, 4) is 11.6 Å². The summed E-state index contributed by atoms with van der Waals surface area (Å²) < 4.78 is 11.1. The zero-order valence-corrected chi connectivity index (χ0v) is 13.9. The third-order valence-corrected chi connectivity index (χ3v) is 4.00. The number of oxazole rings is 1. The molecule has 0 fully saturated rings. The first kappa shape index (κ1) is 15.4. The number of nitrogens with zero attached hydrogens (tertiary/aromatic N) is 1. The van der Waals surface area contributed by atoms with Crippen LogP contribution in [0.1, 0.15) is 16.9 Å². The summed E-state index contributed by atoms with van der Waals surface area (Å²) in [7, 11) is 0. The minimum absolute atomic E-state index is 0.101. The number of aliphatic imine (C=N–C) groups is 1. The van der Waals surface area contributed by atoms with Gasteiger partial charge in [0, 0.05) is 17.4 Å². The second-order valence-corrected chi connectivity index (χ2v) is 5.91. The Labute approximate surface area is 148 Å². The van der Waals surface area contributed by atoms with Crippen molar-refractivity contribution >= 4 is 35.8 Å². The molecule has 0 unspecified atom stereocenters. The lowest BCUT2D eigenvalue weighted by Crippen LogP contribution is -1.95. The van der Waals surface area contributed by atoms with Gasteiger partial charge in [-0.05, 0) is 42.1 Å². The molecule has 0 aliphatic carbocycles. The topological polar surface area (TPSA) is 70.8 Å². The predicted octanol–water partition coefficient (Wildman–Crippen LogP) is 4.88. The molecule has 0 spiro atoms. The van der Waals surface area contributed by atoms with Gasteiger partial charge in [-0.3, -0.25) is 9.98 Å². The summed E-state index contributed by atoms with van der Waals surface area (Å²) in [6.45, 7) is 0.493. The molecule has 1 aliphatic rings. The second kappa shape index (κ2) is 6.41. The van der Waals surface area contributed by atoms with E-state index in [4.69, 9.17) is 21.4 Å². The van der Waals surface area contributed by atoms with E-state index in [0.29, 0.717) is 6.61 Å². The van der Waals surface area contributed by atoms with Gasteiger partial charge in [-0.25, -0.2) is 0 Å². The molecule has 2 heterocycles. The number of hydrogen-bond acceptors (Lipinski definition) is 5. The van der Waals surface area contributed by atoms with E-state index in [1.54, 1.807) is 12.3 Å². The summed E-state index contributed by atoms with van der Waals surface area (Å²) in [5.41, 5.74) is 3.66. The van der Waals surface area contributed by atoms with Crippen LogP contribution in [0, 0.1) is 4.84 Å². The third-order valence-electron chi connectivity index (χ3n) is 3.81. The molecular formula is C19H14N2O3S. The largest absolute Gasteiger partial charge is 0.492 e. The van der Waals surface area contributed by atoms with Crippen molar-refractivity contribution in [2.75, 3.05) is 0 Å². The number of benzene rings is 2. The lowest BCUT2D eigenvalue weighted by Gasteiger charge is -2.08. The highest BCUT2D eigenvalue weighted by Crippen LogP contribution is 2.36. The zero-order valence-electron chi connectivity index (χ0n) is 13.1. The zero-order chi connectivity index (χ0) is 17.2. The molecule has 0 atom stereocenters. The third kappa shape index (κ3) is 3.25. The monoisotopic (exact) mass is 350 g/mol. The van der Waals surface area contributed by atoms with Crippen LogP contribution in [0.25, 0.3) is 11.6 Å². The molecule has 0 radical (unpaired) electrons. The van der Waals surface area contributed by atoms with Crippen molar-refractivity contribution in [2.24, 2.45) is 4.99 Å². The number of aromatic amines is 1. The van der Waals surface area contributed by atoms with Gasteiger partial charge < -0.3 is 14.3 Å². The standard InChI is InChI=1S/C19H14N2O3S/c22-18-17(24-19(25)21-18)8-13-10-20-16-7-6-14(9-15(13)16)23-11-12-4-2-1-3-5-12/h1-10,22H,11H2,(H,21,25). The number of H-pyrrole nitrogens is 1. The predicted molar refractivity (Wildman–Crippen MR) is 98.8 cm³/mol. The Morgan fingerprint density at radius 3 is 2.80 bits per heavy atom. The summed E-state index contributed by atoms with van der Waals surface area (Å²) in [4.78, 5) is 7.03. The van der Waals surface area contributed by atoms with Crippen LogP contribution in [0.15, 0.2) is 57.9 Å². The minimum Gasteiger partial charge on any atom is -0.492 e. The van der Waals surface area contributed by atoms with Crippen molar-refractivity contribution in [1.82, 2.24) is 4.98 Å². The van der Waals surface area contributed by atoms with Crippen LogP contribution in [0.2, 0.25) is 0 Å². The minimum atomic E-state index is -0.101. The molecule has 1 aliphatic heterocycles. The Morgan fingerprint density at radius 2 is 2.04 bits per heavy atom. The first-order chi connectivity index (χ1) is 12.2. The van der Waals surface area contributed by atoms with Gasteiger partial charge in [0.05, 0.1) is 5.69 Å². The highest BCUT2D eigenvalue weighted by Gasteiger charge is 2.15. The molecule has 0 saturated heterocycles. The van der Waals surface area contributed by atoms with Crippen molar-refractivity contribution < 1.29 is 14.3 Å². The number of nitrogens with one attached hydrogen (secondary N) is 1. The molecule has 6 heteroatoms. The summed E-state index contributed by atoms with van der Waals surface area (Å²) in [5, 5.41) is 9.77. The SMILES string of the molecule is Oc1[nH]c(=S)oc1C=C1C=Nc2ccc(OCc3ccccc3)cc21. The van der Waals surface area contributed by atoms with Crippen LogP contribution in [-0.4, -0.2) is 16.3 Å². The van der Waals surface area contributed by atoms with Crippen molar-refractivity contribution in [3.05, 3.63) is 70.3 Å². The second-order valence-electron chi connectivity index (χ2n) is 5.54. The first-order valence-corrected chi connectivity index (χ1v) is 8.09. The molecular weight excluding hydrogens is 336 g/mol. The number of allylic oxidation sites excluding steroid dienone is 1. The summed E-state index contributed by atoms with van der Waals surface area (Å²) in [5.74, 6) is 0.920. The Bertz CT molecular complexity index is 1030. The normalized spacial score (nSPS) is 14.0. The van der Waals surface area contributed by atoms with Crippen LogP contribution in [0.5, 0.6) is 11.6 Å². The number of aromatic hydroxyl groups is 1. The quantitative estimate of drug-likeness (QED) is 0.658. The number of fused-ring (bicyclic) bond motifs is 1. The highest BCUT2D eigenvalue weighted by molar-refractivity contribution is 7.71. The fraction of sp³-hybridized carbons (Fsp3) is 0.0526. The number of hydrogen-bond donors (Lipinski definition) is 2. The van der Waals surface area contributed by atoms with Crippen LogP contribution in [0.4, 0.5) is 5.69 Å². The van der Waals surface area contributed by atoms with Crippen molar-refractivity contribution in [1.29, 1.82) is 0 Å². The van der Waals surface area contributed by atoms with Gasteiger partial charge in [0.15, 0.2) is 5.76 Å². The number of rotatable bonds is 4. The van der Waals surface area contributed by atoms with E-state index in [2.05, 4.69) is 9.98 Å². The molecule has 1 aromatic heterocycles. The fourth-order valence-electron chi connectivity index (χ4n) is 2.58. The Balaban J connectivity index is 1.60. The van der Waals surface area contributed by atoms with E-state index in [-0.39, 0.29) is 16.5 Å². The van der Waals surface area contributed by atoms with Gasteiger partial charge in [0.25, 0.3) is 4.84 Å². The van der Waals surface area contributed by atoms with Gasteiger partial charge in [-0.15, -0.1) is 0 Å². The molecule has 2 N–H and O–H groups in total. The average Bonchev–Trinajstić information content (AvgIpc) is 3.17. The number of ether oxygens (including phenoxy) is 1. The molecule has 0 bridgehead atoms. The van der Waals surface area contributed by atoms with Gasteiger partial charge in [-0.1, -0.05) is 30.3 Å². The molecule has 0 saturated carbocycles. The van der Waals surface area contributed by atoms with Gasteiger partial charge in [0.2, 0.25) is 5.88 Å². The molecule has 2 aromatic carbocycles. The summed E-state index contributed by atoms with van der Waals surface area (Å²) in [6, 6.07) is 15.7. The number of aromatic nitrogens is 1.